The second kappa shape index (κ2) is 5.35. The molecule has 0 atom stereocenters. The number of hydrogen-bond donors (Lipinski definition) is 1. The smallest absolute Gasteiger partial charge is 0.212 e. The number of nitrogens with two attached hydrogens (primary N) is 1. The maximum absolute atomic E-state index is 5.47. The van der Waals surface area contributed by atoms with Crippen LogP contribution >= 0.6 is 0 Å². The molecule has 0 fully saturated rings. The first-order valence-corrected chi connectivity index (χ1v) is 5.27. The highest BCUT2D eigenvalue weighted by molar-refractivity contribution is 5.20. The van der Waals surface area contributed by atoms with Crippen LogP contribution < -0.4 is 10.5 Å². The molecule has 0 bridgehead atoms. The van der Waals surface area contributed by atoms with Gasteiger partial charge < -0.3 is 10.5 Å². The van der Waals surface area contributed by atoms with Gasteiger partial charge in [-0.3, -0.25) is 0 Å². The van der Waals surface area contributed by atoms with E-state index < -0.39 is 0 Å². The zero-order chi connectivity index (χ0) is 12.1. The first-order chi connectivity index (χ1) is 8.33. The summed E-state index contributed by atoms with van der Waals surface area (Å²) in [5.74, 6) is 1.37. The molecule has 0 aliphatic rings. The summed E-state index contributed by atoms with van der Waals surface area (Å²) in [6, 6.07) is 3.75. The average Bonchev–Trinajstić information content (AvgIpc) is 2.78. The third-order valence-corrected chi connectivity index (χ3v) is 2.32. The Labute approximate surface area is 98.6 Å². The molecule has 0 radical (unpaired) electrons. The molecule has 17 heavy (non-hydrogen) atoms. The van der Waals surface area contributed by atoms with E-state index in [0.717, 1.165) is 11.4 Å². The van der Waals surface area contributed by atoms with E-state index in [2.05, 4.69) is 20.5 Å². The van der Waals surface area contributed by atoms with Crippen LogP contribution in [0.15, 0.2) is 18.3 Å². The van der Waals surface area contributed by atoms with E-state index >= 15 is 0 Å². The lowest BCUT2D eigenvalue weighted by Crippen LogP contribution is -2.14. The minimum Gasteiger partial charge on any atom is -0.481 e. The van der Waals surface area contributed by atoms with Crippen LogP contribution in [0.5, 0.6) is 5.88 Å². The Bertz CT molecular complexity index is 466. The fourth-order valence-electron chi connectivity index (χ4n) is 1.46. The molecule has 0 saturated carbocycles. The van der Waals surface area contributed by atoms with Crippen molar-refractivity contribution in [2.24, 2.45) is 5.73 Å². The van der Waals surface area contributed by atoms with Crippen LogP contribution in [0.25, 0.3) is 0 Å². The van der Waals surface area contributed by atoms with Crippen molar-refractivity contribution in [3.63, 3.8) is 0 Å². The van der Waals surface area contributed by atoms with Gasteiger partial charge in [0.05, 0.1) is 13.7 Å². The van der Waals surface area contributed by atoms with Gasteiger partial charge in [0.2, 0.25) is 5.88 Å². The lowest BCUT2D eigenvalue weighted by atomic mass is 10.2. The molecular formula is C10H14N6O. The Morgan fingerprint density at radius 1 is 1.41 bits per heavy atom. The molecule has 7 heteroatoms. The van der Waals surface area contributed by atoms with Crippen LogP contribution in [-0.4, -0.2) is 38.8 Å². The van der Waals surface area contributed by atoms with E-state index in [9.17, 15) is 0 Å². The number of rotatable bonds is 5. The molecule has 2 aromatic heterocycles. The molecule has 0 amide bonds. The highest BCUT2D eigenvalue weighted by atomic mass is 16.5. The highest BCUT2D eigenvalue weighted by Gasteiger charge is 2.06. The molecule has 0 aliphatic heterocycles. The standard InChI is InChI=1S/C10H14N6O/c1-17-10-3-2-8(7-12-10)6-9-13-14-15-16(9)5-4-11/h2-3,7H,4-6,11H2,1H3. The van der Waals surface area contributed by atoms with Gasteiger partial charge in [-0.1, -0.05) is 6.07 Å². The Morgan fingerprint density at radius 2 is 2.29 bits per heavy atom. The van der Waals surface area contributed by atoms with Crippen molar-refractivity contribution in [1.82, 2.24) is 25.2 Å². The largest absolute Gasteiger partial charge is 0.481 e. The van der Waals surface area contributed by atoms with Crippen molar-refractivity contribution < 1.29 is 4.74 Å². The van der Waals surface area contributed by atoms with Crippen molar-refractivity contribution >= 4 is 0 Å². The van der Waals surface area contributed by atoms with Gasteiger partial charge in [-0.15, -0.1) is 5.10 Å². The molecule has 0 saturated heterocycles. The van der Waals surface area contributed by atoms with E-state index in [-0.39, 0.29) is 0 Å². The summed E-state index contributed by atoms with van der Waals surface area (Å²) in [6.45, 7) is 1.13. The zero-order valence-corrected chi connectivity index (χ0v) is 9.58. The molecular weight excluding hydrogens is 220 g/mol. The number of ether oxygens (including phenoxy) is 1. The summed E-state index contributed by atoms with van der Waals surface area (Å²) in [4.78, 5) is 4.13. The predicted molar refractivity (Wildman–Crippen MR) is 60.5 cm³/mol. The molecule has 0 unspecified atom stereocenters. The number of tetrazole rings is 1. The van der Waals surface area contributed by atoms with Gasteiger partial charge in [0, 0.05) is 25.2 Å². The maximum Gasteiger partial charge on any atom is 0.212 e. The number of pyridine rings is 1. The van der Waals surface area contributed by atoms with Crippen LogP contribution in [0.3, 0.4) is 0 Å². The summed E-state index contributed by atoms with van der Waals surface area (Å²) in [5.41, 5.74) is 6.50. The van der Waals surface area contributed by atoms with Crippen LogP contribution in [-0.2, 0) is 13.0 Å². The van der Waals surface area contributed by atoms with Gasteiger partial charge in [-0.25, -0.2) is 9.67 Å². The number of aromatic nitrogens is 5. The Balaban J connectivity index is 2.10. The second-order valence-corrected chi connectivity index (χ2v) is 3.49. The number of methoxy groups -OCH3 is 1. The molecule has 0 aromatic carbocycles. The fraction of sp³-hybridized carbons (Fsp3) is 0.400. The summed E-state index contributed by atoms with van der Waals surface area (Å²) in [6.07, 6.45) is 2.38. The molecule has 2 aromatic rings. The summed E-state index contributed by atoms with van der Waals surface area (Å²) in [7, 11) is 1.59. The normalized spacial score (nSPS) is 10.5. The SMILES string of the molecule is COc1ccc(Cc2nnnn2CCN)cn1. The van der Waals surface area contributed by atoms with E-state index in [4.69, 9.17) is 10.5 Å². The second-order valence-electron chi connectivity index (χ2n) is 3.49. The quantitative estimate of drug-likeness (QED) is 0.758. The van der Waals surface area contributed by atoms with E-state index in [1.165, 1.54) is 0 Å². The topological polar surface area (TPSA) is 91.7 Å². The van der Waals surface area contributed by atoms with Gasteiger partial charge in [-0.05, 0) is 16.0 Å². The van der Waals surface area contributed by atoms with Gasteiger partial charge >= 0.3 is 0 Å². The summed E-state index contributed by atoms with van der Waals surface area (Å²) in [5, 5.41) is 11.5. The van der Waals surface area contributed by atoms with E-state index in [1.807, 2.05) is 12.1 Å². The third-order valence-electron chi connectivity index (χ3n) is 2.32. The van der Waals surface area contributed by atoms with Crippen LogP contribution in [0, 0.1) is 0 Å². The van der Waals surface area contributed by atoms with E-state index in [1.54, 1.807) is 18.0 Å². The molecule has 2 rings (SSSR count). The number of nitrogens with zero attached hydrogens (tertiary/aromatic N) is 5. The minimum absolute atomic E-state index is 0.513. The monoisotopic (exact) mass is 234 g/mol. The van der Waals surface area contributed by atoms with Crippen molar-refractivity contribution in [3.05, 3.63) is 29.7 Å². The van der Waals surface area contributed by atoms with Crippen molar-refractivity contribution in [2.45, 2.75) is 13.0 Å². The fourth-order valence-corrected chi connectivity index (χ4v) is 1.46. The molecule has 0 aliphatic carbocycles. The average molecular weight is 234 g/mol. The lowest BCUT2D eigenvalue weighted by molar-refractivity contribution is 0.397. The van der Waals surface area contributed by atoms with Gasteiger partial charge in [-0.2, -0.15) is 0 Å². The molecule has 7 nitrogen and oxygen atoms in total. The van der Waals surface area contributed by atoms with Crippen LogP contribution in [0.2, 0.25) is 0 Å². The Kier molecular flexibility index (Phi) is 3.61. The minimum atomic E-state index is 0.513. The number of hydrogen-bond acceptors (Lipinski definition) is 6. The van der Waals surface area contributed by atoms with E-state index in [0.29, 0.717) is 25.4 Å². The van der Waals surface area contributed by atoms with Crippen LogP contribution in [0.1, 0.15) is 11.4 Å². The summed E-state index contributed by atoms with van der Waals surface area (Å²) < 4.78 is 6.69. The molecule has 90 valence electrons. The predicted octanol–water partition coefficient (Wildman–Crippen LogP) is -0.374. The molecule has 0 spiro atoms. The van der Waals surface area contributed by atoms with Gasteiger partial charge in [0.1, 0.15) is 0 Å². The maximum atomic E-state index is 5.47. The van der Waals surface area contributed by atoms with Crippen molar-refractivity contribution in [3.8, 4) is 5.88 Å². The lowest BCUT2D eigenvalue weighted by Gasteiger charge is -2.03. The first-order valence-electron chi connectivity index (χ1n) is 5.27. The molecule has 2 heterocycles. The van der Waals surface area contributed by atoms with Crippen molar-refractivity contribution in [1.29, 1.82) is 0 Å². The Hall–Kier alpha value is -2.02. The van der Waals surface area contributed by atoms with Crippen LogP contribution in [0.4, 0.5) is 0 Å². The Morgan fingerprint density at radius 3 is 2.94 bits per heavy atom. The highest BCUT2D eigenvalue weighted by Crippen LogP contribution is 2.09. The van der Waals surface area contributed by atoms with Gasteiger partial charge in [0.25, 0.3) is 0 Å². The van der Waals surface area contributed by atoms with Crippen molar-refractivity contribution in [2.75, 3.05) is 13.7 Å². The summed E-state index contributed by atoms with van der Waals surface area (Å²) >= 11 is 0. The molecule has 2 N–H and O–H groups in total. The zero-order valence-electron chi connectivity index (χ0n) is 9.58. The third kappa shape index (κ3) is 2.76. The van der Waals surface area contributed by atoms with Gasteiger partial charge in [0.15, 0.2) is 5.82 Å². The first kappa shape index (κ1) is 11.5.